The maximum absolute atomic E-state index is 11.4. The fourth-order valence-corrected chi connectivity index (χ4v) is 2.30. The molecule has 3 heteroatoms. The van der Waals surface area contributed by atoms with Crippen LogP contribution in [0.5, 0.6) is 0 Å². The molecular weight excluding hydrogens is 166 g/mol. The predicted molar refractivity (Wildman–Crippen MR) is 48.8 cm³/mol. The molecule has 1 aliphatic carbocycles. The molecule has 1 heterocycles. The SMILES string of the molecule is O=C1[C@H]2CC/C=C\CC[C@H]2N1CO. The number of likely N-dealkylation sites (tertiary alicyclic amines) is 1. The first kappa shape index (κ1) is 8.75. The van der Waals surface area contributed by atoms with Crippen molar-refractivity contribution >= 4 is 5.91 Å². The number of rotatable bonds is 1. The van der Waals surface area contributed by atoms with E-state index in [2.05, 4.69) is 12.2 Å². The lowest BCUT2D eigenvalue weighted by atomic mass is 9.80. The van der Waals surface area contributed by atoms with E-state index in [0.29, 0.717) is 6.04 Å². The second kappa shape index (κ2) is 3.50. The molecule has 1 fully saturated rings. The number of nitrogens with zero attached hydrogens (tertiary/aromatic N) is 1. The quantitative estimate of drug-likeness (QED) is 0.482. The Hall–Kier alpha value is -0.830. The minimum absolute atomic E-state index is 0.107. The first-order valence-corrected chi connectivity index (χ1v) is 4.91. The van der Waals surface area contributed by atoms with E-state index in [1.165, 1.54) is 0 Å². The molecule has 0 saturated carbocycles. The number of β-lactam (4-membered cyclic amide) rings is 1. The Labute approximate surface area is 78.0 Å². The van der Waals surface area contributed by atoms with Crippen molar-refractivity contribution in [1.29, 1.82) is 0 Å². The zero-order valence-electron chi connectivity index (χ0n) is 7.65. The highest BCUT2D eigenvalue weighted by molar-refractivity contribution is 5.85. The third-order valence-corrected chi connectivity index (χ3v) is 3.06. The summed E-state index contributed by atoms with van der Waals surface area (Å²) in [5.41, 5.74) is 0. The Kier molecular flexibility index (Phi) is 2.36. The van der Waals surface area contributed by atoms with Gasteiger partial charge >= 0.3 is 0 Å². The van der Waals surface area contributed by atoms with Crippen LogP contribution in [0.4, 0.5) is 0 Å². The Balaban J connectivity index is 2.04. The first-order valence-electron chi connectivity index (χ1n) is 4.91. The molecule has 0 bridgehead atoms. The maximum Gasteiger partial charge on any atom is 0.229 e. The van der Waals surface area contributed by atoms with E-state index in [1.807, 2.05) is 0 Å². The molecule has 0 aromatic rings. The molecular formula is C10H15NO2. The van der Waals surface area contributed by atoms with Crippen LogP contribution in [-0.2, 0) is 4.79 Å². The van der Waals surface area contributed by atoms with Gasteiger partial charge in [-0.05, 0) is 25.7 Å². The fourth-order valence-electron chi connectivity index (χ4n) is 2.30. The molecule has 0 aromatic heterocycles. The lowest BCUT2D eigenvalue weighted by Crippen LogP contribution is -2.61. The van der Waals surface area contributed by atoms with Gasteiger partial charge in [-0.3, -0.25) is 4.79 Å². The summed E-state index contributed by atoms with van der Waals surface area (Å²) in [5.74, 6) is 0.333. The van der Waals surface area contributed by atoms with Gasteiger partial charge in [0, 0.05) is 6.04 Å². The summed E-state index contributed by atoms with van der Waals surface area (Å²) in [7, 11) is 0. The van der Waals surface area contributed by atoms with Crippen LogP contribution >= 0.6 is 0 Å². The number of carbonyl (C=O) groups excluding carboxylic acids is 1. The van der Waals surface area contributed by atoms with E-state index in [-0.39, 0.29) is 18.6 Å². The molecule has 2 atom stereocenters. The monoisotopic (exact) mass is 181 g/mol. The Morgan fingerprint density at radius 2 is 2.08 bits per heavy atom. The summed E-state index contributed by atoms with van der Waals surface area (Å²) < 4.78 is 0. The van der Waals surface area contributed by atoms with E-state index >= 15 is 0 Å². The summed E-state index contributed by atoms with van der Waals surface area (Å²) >= 11 is 0. The highest BCUT2D eigenvalue weighted by atomic mass is 16.3. The van der Waals surface area contributed by atoms with Crippen molar-refractivity contribution in [3.05, 3.63) is 12.2 Å². The second-order valence-corrected chi connectivity index (χ2v) is 3.75. The van der Waals surface area contributed by atoms with Gasteiger partial charge < -0.3 is 10.0 Å². The van der Waals surface area contributed by atoms with Crippen LogP contribution < -0.4 is 0 Å². The third-order valence-electron chi connectivity index (χ3n) is 3.06. The standard InChI is InChI=1S/C10H15NO2/c12-7-11-9-6-4-2-1-3-5-8(9)10(11)13/h1-2,8-9,12H,3-7H2/b2-1-/t8-,9+/m0/s1. The van der Waals surface area contributed by atoms with Gasteiger partial charge in [0.05, 0.1) is 5.92 Å². The Morgan fingerprint density at radius 3 is 2.77 bits per heavy atom. The highest BCUT2D eigenvalue weighted by Gasteiger charge is 2.45. The van der Waals surface area contributed by atoms with Crippen LogP contribution in [0.2, 0.25) is 0 Å². The Morgan fingerprint density at radius 1 is 1.38 bits per heavy atom. The normalized spacial score (nSPS) is 35.8. The first-order chi connectivity index (χ1) is 6.34. The summed E-state index contributed by atoms with van der Waals surface area (Å²) in [6, 6.07) is 0.308. The average Bonchev–Trinajstić information content (AvgIpc) is 2.09. The number of aliphatic hydroxyl groups excluding tert-OH is 1. The largest absolute Gasteiger partial charge is 0.376 e. The lowest BCUT2D eigenvalue weighted by Gasteiger charge is -2.46. The van der Waals surface area contributed by atoms with Gasteiger partial charge in [-0.1, -0.05) is 12.2 Å². The minimum Gasteiger partial charge on any atom is -0.376 e. The van der Waals surface area contributed by atoms with E-state index < -0.39 is 0 Å². The number of aliphatic hydroxyl groups is 1. The predicted octanol–water partition coefficient (Wildman–Crippen LogP) is 0.893. The van der Waals surface area contributed by atoms with Gasteiger partial charge in [-0.2, -0.15) is 0 Å². The second-order valence-electron chi connectivity index (χ2n) is 3.75. The molecule has 72 valence electrons. The molecule has 0 unspecified atom stereocenters. The number of fused-ring (bicyclic) bond motifs is 1. The number of hydrogen-bond acceptors (Lipinski definition) is 2. The fraction of sp³-hybridized carbons (Fsp3) is 0.700. The number of hydrogen-bond donors (Lipinski definition) is 1. The summed E-state index contributed by atoms with van der Waals surface area (Å²) in [6.07, 6.45) is 8.33. The summed E-state index contributed by atoms with van der Waals surface area (Å²) in [4.78, 5) is 13.0. The van der Waals surface area contributed by atoms with Crippen molar-refractivity contribution in [2.24, 2.45) is 5.92 Å². The molecule has 3 nitrogen and oxygen atoms in total. The van der Waals surface area contributed by atoms with E-state index in [0.717, 1.165) is 25.7 Å². The molecule has 2 aliphatic rings. The van der Waals surface area contributed by atoms with Crippen molar-refractivity contribution in [2.75, 3.05) is 6.73 Å². The van der Waals surface area contributed by atoms with E-state index in [9.17, 15) is 4.79 Å². The smallest absolute Gasteiger partial charge is 0.229 e. The zero-order chi connectivity index (χ0) is 9.26. The topological polar surface area (TPSA) is 40.5 Å². The maximum atomic E-state index is 11.4. The zero-order valence-corrected chi connectivity index (χ0v) is 7.65. The van der Waals surface area contributed by atoms with Crippen molar-refractivity contribution in [3.63, 3.8) is 0 Å². The molecule has 0 radical (unpaired) electrons. The summed E-state index contributed by atoms with van der Waals surface area (Å²) in [6.45, 7) is -0.107. The van der Waals surface area contributed by atoms with Gasteiger partial charge in [0.25, 0.3) is 0 Å². The molecule has 1 amide bonds. The minimum atomic E-state index is -0.107. The van der Waals surface area contributed by atoms with Gasteiger partial charge in [0.2, 0.25) is 5.91 Å². The highest BCUT2D eigenvalue weighted by Crippen LogP contribution is 2.34. The Bertz CT molecular complexity index is 237. The van der Waals surface area contributed by atoms with Gasteiger partial charge in [-0.25, -0.2) is 0 Å². The number of allylic oxidation sites excluding steroid dienone is 2. The molecule has 1 N–H and O–H groups in total. The molecule has 1 aliphatic heterocycles. The van der Waals surface area contributed by atoms with Crippen LogP contribution in [0.15, 0.2) is 12.2 Å². The van der Waals surface area contributed by atoms with Gasteiger partial charge in [0.15, 0.2) is 0 Å². The van der Waals surface area contributed by atoms with Gasteiger partial charge in [0.1, 0.15) is 6.73 Å². The summed E-state index contributed by atoms with van der Waals surface area (Å²) in [5, 5.41) is 8.94. The molecule has 2 rings (SSSR count). The van der Waals surface area contributed by atoms with Crippen molar-refractivity contribution < 1.29 is 9.90 Å². The molecule has 0 aromatic carbocycles. The average molecular weight is 181 g/mol. The molecule has 1 saturated heterocycles. The van der Waals surface area contributed by atoms with Crippen molar-refractivity contribution in [2.45, 2.75) is 31.7 Å². The van der Waals surface area contributed by atoms with Crippen LogP contribution in [-0.4, -0.2) is 28.7 Å². The number of amides is 1. The number of carbonyl (C=O) groups is 1. The van der Waals surface area contributed by atoms with Crippen LogP contribution in [0, 0.1) is 5.92 Å². The van der Waals surface area contributed by atoms with Crippen molar-refractivity contribution in [3.8, 4) is 0 Å². The van der Waals surface area contributed by atoms with Gasteiger partial charge in [-0.15, -0.1) is 0 Å². The molecule has 0 spiro atoms. The van der Waals surface area contributed by atoms with E-state index in [1.54, 1.807) is 4.90 Å². The van der Waals surface area contributed by atoms with E-state index in [4.69, 9.17) is 5.11 Å². The van der Waals surface area contributed by atoms with Crippen LogP contribution in [0.25, 0.3) is 0 Å². The third kappa shape index (κ3) is 1.37. The molecule has 13 heavy (non-hydrogen) atoms. The van der Waals surface area contributed by atoms with Crippen LogP contribution in [0.1, 0.15) is 25.7 Å². The lowest BCUT2D eigenvalue weighted by molar-refractivity contribution is -0.164. The van der Waals surface area contributed by atoms with Crippen molar-refractivity contribution in [1.82, 2.24) is 4.90 Å². The van der Waals surface area contributed by atoms with Crippen LogP contribution in [0.3, 0.4) is 0 Å².